The second kappa shape index (κ2) is 5.45. The van der Waals surface area contributed by atoms with Crippen LogP contribution in [0.4, 0.5) is 0 Å². The van der Waals surface area contributed by atoms with Gasteiger partial charge in [-0.1, -0.05) is 34.8 Å². The van der Waals surface area contributed by atoms with Crippen molar-refractivity contribution in [1.82, 2.24) is 5.32 Å². The molecule has 1 atom stereocenters. The summed E-state index contributed by atoms with van der Waals surface area (Å²) in [4.78, 5) is 0. The van der Waals surface area contributed by atoms with Gasteiger partial charge in [0.1, 0.15) is 11.4 Å². The summed E-state index contributed by atoms with van der Waals surface area (Å²) in [5.74, 6) is 1.07. The summed E-state index contributed by atoms with van der Waals surface area (Å²) in [7, 11) is 2.06. The van der Waals surface area contributed by atoms with E-state index in [1.54, 1.807) is 0 Å². The van der Waals surface area contributed by atoms with Crippen LogP contribution >= 0.6 is 15.9 Å². The van der Waals surface area contributed by atoms with Crippen LogP contribution < -0.4 is 10.1 Å². The fourth-order valence-electron chi connectivity index (χ4n) is 3.58. The van der Waals surface area contributed by atoms with Gasteiger partial charge in [-0.15, -0.1) is 0 Å². The molecule has 2 nitrogen and oxygen atoms in total. The molecule has 19 heavy (non-hydrogen) atoms. The average Bonchev–Trinajstić information content (AvgIpc) is 2.63. The molecule has 104 valence electrons. The van der Waals surface area contributed by atoms with Crippen LogP contribution in [-0.4, -0.2) is 12.6 Å². The molecule has 3 rings (SSSR count). The first-order chi connectivity index (χ1) is 9.22. The quantitative estimate of drug-likeness (QED) is 0.816. The van der Waals surface area contributed by atoms with Crippen molar-refractivity contribution in [1.29, 1.82) is 0 Å². The lowest BCUT2D eigenvalue weighted by molar-refractivity contribution is 0.0171. The molecule has 0 bridgehead atoms. The molecule has 1 aliphatic heterocycles. The van der Waals surface area contributed by atoms with Crippen molar-refractivity contribution in [2.24, 2.45) is 0 Å². The van der Waals surface area contributed by atoms with E-state index < -0.39 is 0 Å². The van der Waals surface area contributed by atoms with Gasteiger partial charge in [0.05, 0.1) is 0 Å². The number of benzene rings is 1. The van der Waals surface area contributed by atoms with Crippen LogP contribution in [0.5, 0.6) is 5.75 Å². The molecular weight excluding hydrogens is 302 g/mol. The van der Waals surface area contributed by atoms with Crippen LogP contribution in [0, 0.1) is 0 Å². The first-order valence-corrected chi connectivity index (χ1v) is 8.17. The molecule has 0 radical (unpaired) electrons. The van der Waals surface area contributed by atoms with Crippen LogP contribution in [0.15, 0.2) is 22.7 Å². The maximum absolute atomic E-state index is 6.48. The molecule has 1 fully saturated rings. The Kier molecular flexibility index (Phi) is 3.86. The molecule has 1 unspecified atom stereocenters. The number of hydrogen-bond acceptors (Lipinski definition) is 2. The first-order valence-electron chi connectivity index (χ1n) is 7.38. The Morgan fingerprint density at radius 3 is 2.63 bits per heavy atom. The third-order valence-electron chi connectivity index (χ3n) is 4.62. The minimum Gasteiger partial charge on any atom is -0.487 e. The molecule has 1 aromatic rings. The van der Waals surface area contributed by atoms with Crippen molar-refractivity contribution < 1.29 is 4.74 Å². The summed E-state index contributed by atoms with van der Waals surface area (Å²) < 4.78 is 7.59. The van der Waals surface area contributed by atoms with E-state index in [-0.39, 0.29) is 5.60 Å². The van der Waals surface area contributed by atoms with E-state index in [2.05, 4.69) is 46.5 Å². The first kappa shape index (κ1) is 13.4. The lowest BCUT2D eigenvalue weighted by Gasteiger charge is -2.42. The van der Waals surface area contributed by atoms with Crippen molar-refractivity contribution in [3.63, 3.8) is 0 Å². The molecule has 1 saturated carbocycles. The monoisotopic (exact) mass is 323 g/mol. The second-order valence-corrected chi connectivity index (χ2v) is 6.84. The molecule has 0 saturated heterocycles. The zero-order valence-electron chi connectivity index (χ0n) is 11.5. The highest BCUT2D eigenvalue weighted by Crippen LogP contribution is 2.46. The van der Waals surface area contributed by atoms with Crippen LogP contribution in [0.25, 0.3) is 0 Å². The highest BCUT2D eigenvalue weighted by atomic mass is 79.9. The fraction of sp³-hybridized carbons (Fsp3) is 0.625. The summed E-state index contributed by atoms with van der Waals surface area (Å²) in [6.45, 7) is 0. The molecule has 0 amide bonds. The van der Waals surface area contributed by atoms with Gasteiger partial charge in [-0.3, -0.25) is 0 Å². The highest BCUT2D eigenvalue weighted by Gasteiger charge is 2.40. The summed E-state index contributed by atoms with van der Waals surface area (Å²) in [6.07, 6.45) is 8.85. The lowest BCUT2D eigenvalue weighted by atomic mass is 9.82. The molecular formula is C16H22BrNO. The van der Waals surface area contributed by atoms with E-state index in [1.165, 1.54) is 44.1 Å². The van der Waals surface area contributed by atoms with Gasteiger partial charge >= 0.3 is 0 Å². The van der Waals surface area contributed by atoms with Crippen LogP contribution in [0.3, 0.4) is 0 Å². The Balaban J connectivity index is 1.95. The van der Waals surface area contributed by atoms with Gasteiger partial charge in [0.15, 0.2) is 0 Å². The van der Waals surface area contributed by atoms with Crippen LogP contribution in [0.1, 0.15) is 56.6 Å². The molecule has 3 heteroatoms. The second-order valence-electron chi connectivity index (χ2n) is 5.93. The Morgan fingerprint density at radius 2 is 1.95 bits per heavy atom. The van der Waals surface area contributed by atoms with Gasteiger partial charge in [0, 0.05) is 22.5 Å². The molecule has 1 aliphatic carbocycles. The predicted molar refractivity (Wildman–Crippen MR) is 81.6 cm³/mol. The molecule has 1 N–H and O–H groups in total. The van der Waals surface area contributed by atoms with E-state index in [1.807, 2.05) is 0 Å². The van der Waals surface area contributed by atoms with Crippen molar-refractivity contribution in [3.05, 3.63) is 28.2 Å². The van der Waals surface area contributed by atoms with E-state index in [9.17, 15) is 0 Å². The Morgan fingerprint density at radius 1 is 1.21 bits per heavy atom. The topological polar surface area (TPSA) is 21.3 Å². The minimum atomic E-state index is 0.0674. The predicted octanol–water partition coefficient (Wildman–Crippen LogP) is 4.59. The third kappa shape index (κ3) is 2.68. The number of nitrogens with one attached hydrogen (secondary N) is 1. The zero-order chi connectivity index (χ0) is 13.3. The summed E-state index contributed by atoms with van der Waals surface area (Å²) >= 11 is 3.56. The normalized spacial score (nSPS) is 25.5. The van der Waals surface area contributed by atoms with Gasteiger partial charge < -0.3 is 10.1 Å². The molecule has 1 aromatic carbocycles. The number of rotatable bonds is 1. The van der Waals surface area contributed by atoms with E-state index in [0.29, 0.717) is 6.04 Å². The standard InChI is InChI=1S/C16H22BrNO/c1-18-14-11-16(8-4-2-3-5-9-16)19-15-10-12(17)6-7-13(14)15/h6-7,10,14,18H,2-5,8-9,11H2,1H3. The SMILES string of the molecule is CNC1CC2(CCCCCC2)Oc2cc(Br)ccc21. The highest BCUT2D eigenvalue weighted by molar-refractivity contribution is 9.10. The Bertz CT molecular complexity index is 452. The van der Waals surface area contributed by atoms with E-state index in [4.69, 9.17) is 4.74 Å². The van der Waals surface area contributed by atoms with Crippen molar-refractivity contribution in [3.8, 4) is 5.75 Å². The number of fused-ring (bicyclic) bond motifs is 1. The van der Waals surface area contributed by atoms with Crippen LogP contribution in [0.2, 0.25) is 0 Å². The Hall–Kier alpha value is -0.540. The van der Waals surface area contributed by atoms with Gasteiger partial charge in [-0.05, 0) is 44.9 Å². The number of ether oxygens (including phenoxy) is 1. The maximum Gasteiger partial charge on any atom is 0.126 e. The molecule has 2 aliphatic rings. The van der Waals surface area contributed by atoms with E-state index in [0.717, 1.165) is 16.6 Å². The average molecular weight is 324 g/mol. The zero-order valence-corrected chi connectivity index (χ0v) is 13.1. The van der Waals surface area contributed by atoms with Crippen molar-refractivity contribution in [2.45, 2.75) is 56.6 Å². The maximum atomic E-state index is 6.48. The Labute approximate surface area is 124 Å². The summed E-state index contributed by atoms with van der Waals surface area (Å²) in [5, 5.41) is 3.48. The molecule has 1 spiro atoms. The number of hydrogen-bond donors (Lipinski definition) is 1. The van der Waals surface area contributed by atoms with Crippen molar-refractivity contribution >= 4 is 15.9 Å². The van der Waals surface area contributed by atoms with Gasteiger partial charge in [-0.2, -0.15) is 0 Å². The largest absolute Gasteiger partial charge is 0.487 e. The van der Waals surface area contributed by atoms with E-state index >= 15 is 0 Å². The number of halogens is 1. The van der Waals surface area contributed by atoms with Crippen molar-refractivity contribution in [2.75, 3.05) is 7.05 Å². The summed E-state index contributed by atoms with van der Waals surface area (Å²) in [6, 6.07) is 6.85. The third-order valence-corrected chi connectivity index (χ3v) is 5.11. The van der Waals surface area contributed by atoms with Gasteiger partial charge in [0.2, 0.25) is 0 Å². The fourth-order valence-corrected chi connectivity index (χ4v) is 3.92. The molecule has 0 aromatic heterocycles. The molecule has 1 heterocycles. The smallest absolute Gasteiger partial charge is 0.126 e. The minimum absolute atomic E-state index is 0.0674. The van der Waals surface area contributed by atoms with Gasteiger partial charge in [0.25, 0.3) is 0 Å². The summed E-state index contributed by atoms with van der Waals surface area (Å²) in [5.41, 5.74) is 1.37. The van der Waals surface area contributed by atoms with Crippen LogP contribution in [-0.2, 0) is 0 Å². The van der Waals surface area contributed by atoms with Gasteiger partial charge in [-0.25, -0.2) is 0 Å². The lowest BCUT2D eigenvalue weighted by Crippen LogP contribution is -2.43.